The van der Waals surface area contributed by atoms with E-state index in [4.69, 9.17) is 0 Å². The van der Waals surface area contributed by atoms with Crippen molar-refractivity contribution in [1.29, 1.82) is 0 Å². The Bertz CT molecular complexity index is 558. The lowest BCUT2D eigenvalue weighted by molar-refractivity contribution is -0.125. The number of aryl methyl sites for hydroxylation is 1. The Hall–Kier alpha value is -1.23. The molecule has 2 fully saturated rings. The molecule has 1 aliphatic carbocycles. The Morgan fingerprint density at radius 2 is 1.78 bits per heavy atom. The van der Waals surface area contributed by atoms with Crippen molar-refractivity contribution in [3.63, 3.8) is 0 Å². The van der Waals surface area contributed by atoms with Gasteiger partial charge in [-0.3, -0.25) is 9.59 Å². The fraction of sp³-hybridized carbons (Fsp3) is 0.462. The third-order valence-electron chi connectivity index (χ3n) is 4.04. The van der Waals surface area contributed by atoms with Gasteiger partial charge in [-0.05, 0) is 40.4 Å². The second-order valence-corrected chi connectivity index (χ2v) is 6.38. The van der Waals surface area contributed by atoms with Gasteiger partial charge in [-0.25, -0.2) is 9.88 Å². The van der Waals surface area contributed by atoms with Crippen molar-refractivity contribution in [1.82, 2.24) is 4.98 Å². The monoisotopic (exact) mass is 308 g/mol. The van der Waals surface area contributed by atoms with Crippen LogP contribution in [0.3, 0.4) is 0 Å². The van der Waals surface area contributed by atoms with Crippen molar-refractivity contribution in [2.75, 3.05) is 4.90 Å². The van der Waals surface area contributed by atoms with Crippen LogP contribution in [0.25, 0.3) is 0 Å². The summed E-state index contributed by atoms with van der Waals surface area (Å²) in [7, 11) is 0. The lowest BCUT2D eigenvalue weighted by Crippen LogP contribution is -2.36. The van der Waals surface area contributed by atoms with E-state index in [1.165, 1.54) is 4.90 Å². The zero-order valence-electron chi connectivity index (χ0n) is 10.4. The number of fused-ring (bicyclic) bond motifs is 1. The van der Waals surface area contributed by atoms with Crippen LogP contribution in [0.2, 0.25) is 0 Å². The molecule has 1 saturated carbocycles. The number of rotatable bonds is 1. The van der Waals surface area contributed by atoms with Crippen LogP contribution in [0, 0.1) is 24.2 Å². The maximum atomic E-state index is 12.2. The number of hydrogen-bond acceptors (Lipinski definition) is 3. The predicted octanol–water partition coefficient (Wildman–Crippen LogP) is 2.30. The predicted molar refractivity (Wildman–Crippen MR) is 69.9 cm³/mol. The van der Waals surface area contributed by atoms with Crippen LogP contribution >= 0.6 is 15.9 Å². The lowest BCUT2D eigenvalue weighted by Gasteiger charge is -2.19. The summed E-state index contributed by atoms with van der Waals surface area (Å²) in [4.78, 5) is 30.0. The average molecular weight is 309 g/mol. The second kappa shape index (κ2) is 3.41. The molecule has 2 heterocycles. The number of carbonyl (C=O) groups is 2. The first-order valence-electron chi connectivity index (χ1n) is 5.86. The Kier molecular flexibility index (Phi) is 2.24. The van der Waals surface area contributed by atoms with Gasteiger partial charge in [-0.1, -0.05) is 13.8 Å². The summed E-state index contributed by atoms with van der Waals surface area (Å²) in [6, 6.07) is 3.51. The van der Waals surface area contributed by atoms with Crippen LogP contribution in [0.1, 0.15) is 19.5 Å². The van der Waals surface area contributed by atoms with E-state index >= 15 is 0 Å². The molecule has 1 aromatic heterocycles. The number of aromatic nitrogens is 1. The van der Waals surface area contributed by atoms with Crippen molar-refractivity contribution in [2.45, 2.75) is 20.8 Å². The highest BCUT2D eigenvalue weighted by Crippen LogP contribution is 2.63. The molecule has 1 saturated heterocycles. The molecule has 2 unspecified atom stereocenters. The number of halogens is 1. The molecule has 0 bridgehead atoms. The third-order valence-corrected chi connectivity index (χ3v) is 4.87. The summed E-state index contributed by atoms with van der Waals surface area (Å²) in [6.45, 7) is 5.77. The Labute approximate surface area is 114 Å². The number of anilines is 1. The molecule has 0 radical (unpaired) electrons. The van der Waals surface area contributed by atoms with Crippen LogP contribution in [0.5, 0.6) is 0 Å². The van der Waals surface area contributed by atoms with Gasteiger partial charge < -0.3 is 0 Å². The molecular weight excluding hydrogens is 296 g/mol. The number of imide groups is 1. The molecule has 18 heavy (non-hydrogen) atoms. The minimum absolute atomic E-state index is 0.107. The molecule has 0 aromatic carbocycles. The minimum atomic E-state index is -0.172. The normalized spacial score (nSPS) is 28.6. The fourth-order valence-corrected chi connectivity index (χ4v) is 3.05. The molecule has 4 nitrogen and oxygen atoms in total. The van der Waals surface area contributed by atoms with Gasteiger partial charge in [0.25, 0.3) is 0 Å². The number of piperidine rings is 1. The summed E-state index contributed by atoms with van der Waals surface area (Å²) < 4.78 is 0.871. The standard InChI is InChI=1S/C13H13BrN2O2/c1-6-7(14)4-5-8(15-6)16-11(17)9-10(12(16)18)13(9,2)3/h4-5,9-10H,1-3H3. The van der Waals surface area contributed by atoms with Crippen LogP contribution in [0.15, 0.2) is 16.6 Å². The molecule has 2 amide bonds. The summed E-state index contributed by atoms with van der Waals surface area (Å²) in [6.07, 6.45) is 0. The molecule has 0 N–H and O–H groups in total. The first-order chi connectivity index (χ1) is 8.35. The molecule has 2 aliphatic rings. The maximum Gasteiger partial charge on any atom is 0.239 e. The first-order valence-corrected chi connectivity index (χ1v) is 6.66. The highest BCUT2D eigenvalue weighted by atomic mass is 79.9. The number of amides is 2. The number of nitrogens with zero attached hydrogens (tertiary/aromatic N) is 2. The van der Waals surface area contributed by atoms with Gasteiger partial charge >= 0.3 is 0 Å². The van der Waals surface area contributed by atoms with E-state index in [1.807, 2.05) is 26.8 Å². The van der Waals surface area contributed by atoms with E-state index in [0.29, 0.717) is 5.82 Å². The van der Waals surface area contributed by atoms with Gasteiger partial charge in [0.15, 0.2) is 0 Å². The van der Waals surface area contributed by atoms with Crippen molar-refractivity contribution < 1.29 is 9.59 Å². The summed E-state index contributed by atoms with van der Waals surface area (Å²) >= 11 is 3.36. The van der Waals surface area contributed by atoms with Crippen molar-refractivity contribution in [3.8, 4) is 0 Å². The largest absolute Gasteiger partial charge is 0.274 e. The molecule has 2 atom stereocenters. The first kappa shape index (κ1) is 11.8. The van der Waals surface area contributed by atoms with Gasteiger partial charge in [0, 0.05) is 4.47 Å². The topological polar surface area (TPSA) is 50.3 Å². The van der Waals surface area contributed by atoms with Crippen LogP contribution in [0.4, 0.5) is 5.82 Å². The van der Waals surface area contributed by atoms with Gasteiger partial charge in [0.1, 0.15) is 5.82 Å². The van der Waals surface area contributed by atoms with Crippen molar-refractivity contribution in [3.05, 3.63) is 22.3 Å². The van der Waals surface area contributed by atoms with Gasteiger partial charge in [-0.15, -0.1) is 0 Å². The van der Waals surface area contributed by atoms with E-state index in [1.54, 1.807) is 6.07 Å². The smallest absolute Gasteiger partial charge is 0.239 e. The number of pyridine rings is 1. The quantitative estimate of drug-likeness (QED) is 0.748. The minimum Gasteiger partial charge on any atom is -0.274 e. The average Bonchev–Trinajstić information content (AvgIpc) is 2.74. The second-order valence-electron chi connectivity index (χ2n) is 5.53. The number of carbonyl (C=O) groups excluding carboxylic acids is 2. The molecule has 1 aromatic rings. The Morgan fingerprint density at radius 1 is 1.22 bits per heavy atom. The highest BCUT2D eigenvalue weighted by molar-refractivity contribution is 9.10. The van der Waals surface area contributed by atoms with E-state index in [-0.39, 0.29) is 29.1 Å². The Balaban J connectivity index is 1.98. The van der Waals surface area contributed by atoms with Gasteiger partial charge in [0.2, 0.25) is 11.8 Å². The molecular formula is C13H13BrN2O2. The fourth-order valence-electron chi connectivity index (χ4n) is 2.83. The number of hydrogen-bond donors (Lipinski definition) is 0. The maximum absolute atomic E-state index is 12.2. The van der Waals surface area contributed by atoms with Crippen molar-refractivity contribution >= 4 is 33.6 Å². The molecule has 5 heteroatoms. The van der Waals surface area contributed by atoms with Crippen molar-refractivity contribution in [2.24, 2.45) is 17.3 Å². The lowest BCUT2D eigenvalue weighted by atomic mass is 10.1. The van der Waals surface area contributed by atoms with Crippen LogP contribution < -0.4 is 4.90 Å². The molecule has 1 aliphatic heterocycles. The van der Waals surface area contributed by atoms with Crippen LogP contribution in [-0.2, 0) is 9.59 Å². The van der Waals surface area contributed by atoms with Gasteiger partial charge in [-0.2, -0.15) is 0 Å². The zero-order chi connectivity index (χ0) is 13.2. The van der Waals surface area contributed by atoms with Gasteiger partial charge in [0.05, 0.1) is 17.5 Å². The highest BCUT2D eigenvalue weighted by Gasteiger charge is 2.72. The third kappa shape index (κ3) is 1.34. The van der Waals surface area contributed by atoms with E-state index in [0.717, 1.165) is 10.2 Å². The summed E-state index contributed by atoms with van der Waals surface area (Å²) in [5, 5.41) is 0. The van der Waals surface area contributed by atoms with Crippen LogP contribution in [-0.4, -0.2) is 16.8 Å². The zero-order valence-corrected chi connectivity index (χ0v) is 12.0. The summed E-state index contributed by atoms with van der Waals surface area (Å²) in [5.74, 6) is -0.0892. The molecule has 3 rings (SSSR count). The van der Waals surface area contributed by atoms with E-state index in [2.05, 4.69) is 20.9 Å². The molecule has 94 valence electrons. The molecule has 0 spiro atoms. The van der Waals surface area contributed by atoms with E-state index in [9.17, 15) is 9.59 Å². The summed E-state index contributed by atoms with van der Waals surface area (Å²) in [5.41, 5.74) is 0.600. The Morgan fingerprint density at radius 3 is 2.28 bits per heavy atom. The SMILES string of the molecule is Cc1nc(N2C(=O)C3C(C2=O)C3(C)C)ccc1Br. The van der Waals surface area contributed by atoms with E-state index < -0.39 is 0 Å².